The molecule has 8 heteroatoms. The van der Waals surface area contributed by atoms with Crippen molar-refractivity contribution in [3.8, 4) is 0 Å². The van der Waals surface area contributed by atoms with Crippen molar-refractivity contribution in [2.75, 3.05) is 0 Å². The van der Waals surface area contributed by atoms with Crippen molar-refractivity contribution in [2.24, 2.45) is 0 Å². The number of alkyl halides is 2. The highest BCUT2D eigenvalue weighted by Crippen LogP contribution is 2.30. The minimum absolute atomic E-state index is 0.151. The molecule has 0 aliphatic rings. The van der Waals surface area contributed by atoms with Gasteiger partial charge in [0.2, 0.25) is 5.91 Å². The third-order valence-corrected chi connectivity index (χ3v) is 2.34. The molecular weight excluding hydrogens is 262 g/mol. The van der Waals surface area contributed by atoms with Gasteiger partial charge < -0.3 is 0 Å². The van der Waals surface area contributed by atoms with Crippen molar-refractivity contribution in [3.05, 3.63) is 39.4 Å². The number of nitro benzene ring substituents is 1. The van der Waals surface area contributed by atoms with E-state index < -0.39 is 35.1 Å². The lowest BCUT2D eigenvalue weighted by molar-refractivity contribution is -0.386. The molecule has 0 unspecified atom stereocenters. The van der Waals surface area contributed by atoms with Gasteiger partial charge in [0.15, 0.2) is 0 Å². The first-order valence-electron chi connectivity index (χ1n) is 5.42. The summed E-state index contributed by atoms with van der Waals surface area (Å²) < 4.78 is 25.5. The molecule has 1 aromatic rings. The van der Waals surface area contributed by atoms with Crippen LogP contribution in [-0.4, -0.2) is 10.8 Å². The first-order valence-corrected chi connectivity index (χ1v) is 5.42. The number of benzene rings is 1. The zero-order chi connectivity index (χ0) is 14.4. The maximum atomic E-state index is 12.8. The Kier molecular flexibility index (Phi) is 5.31. The van der Waals surface area contributed by atoms with Gasteiger partial charge in [-0.25, -0.2) is 14.3 Å². The zero-order valence-corrected chi connectivity index (χ0v) is 10.1. The summed E-state index contributed by atoms with van der Waals surface area (Å²) in [6.45, 7) is 1.08. The molecule has 0 fully saturated rings. The van der Waals surface area contributed by atoms with Crippen LogP contribution in [0, 0.1) is 10.1 Å². The standard InChI is InChI=1S/C11H12F2N2O4/c1-2-10(16)14-19-6-8-7(11(12)13)4-3-5-9(8)15(17)18/h3-5,11H,2,6H2,1H3,(H,14,16). The second-order valence-corrected chi connectivity index (χ2v) is 3.57. The molecule has 1 amide bonds. The van der Waals surface area contributed by atoms with Gasteiger partial charge in [-0.3, -0.25) is 19.7 Å². The van der Waals surface area contributed by atoms with Gasteiger partial charge in [0, 0.05) is 18.1 Å². The van der Waals surface area contributed by atoms with Crippen molar-refractivity contribution in [3.63, 3.8) is 0 Å². The van der Waals surface area contributed by atoms with E-state index in [1.165, 1.54) is 6.07 Å². The molecule has 1 rings (SSSR count). The van der Waals surface area contributed by atoms with Gasteiger partial charge in [0.1, 0.15) is 6.61 Å². The number of carbonyl (C=O) groups excluding carboxylic acids is 1. The maximum absolute atomic E-state index is 12.8. The Hall–Kier alpha value is -2.09. The van der Waals surface area contributed by atoms with Crippen molar-refractivity contribution in [1.82, 2.24) is 5.48 Å². The lowest BCUT2D eigenvalue weighted by Crippen LogP contribution is -2.22. The normalized spacial score (nSPS) is 10.5. The number of carbonyl (C=O) groups is 1. The average molecular weight is 274 g/mol. The number of nitro groups is 1. The Morgan fingerprint density at radius 1 is 1.53 bits per heavy atom. The zero-order valence-electron chi connectivity index (χ0n) is 10.1. The minimum atomic E-state index is -2.86. The fourth-order valence-electron chi connectivity index (χ4n) is 1.39. The maximum Gasteiger partial charge on any atom is 0.275 e. The van der Waals surface area contributed by atoms with E-state index in [-0.39, 0.29) is 12.0 Å². The second kappa shape index (κ2) is 6.74. The Labute approximate surface area is 107 Å². The highest BCUT2D eigenvalue weighted by molar-refractivity contribution is 5.74. The number of nitrogens with one attached hydrogen (secondary N) is 1. The predicted molar refractivity (Wildman–Crippen MR) is 61.3 cm³/mol. The molecule has 19 heavy (non-hydrogen) atoms. The number of nitrogens with zero attached hydrogens (tertiary/aromatic N) is 1. The van der Waals surface area contributed by atoms with Crippen molar-refractivity contribution in [2.45, 2.75) is 26.4 Å². The topological polar surface area (TPSA) is 81.5 Å². The molecule has 0 aliphatic carbocycles. The monoisotopic (exact) mass is 274 g/mol. The summed E-state index contributed by atoms with van der Waals surface area (Å²) in [5.74, 6) is -0.447. The van der Waals surface area contributed by atoms with Gasteiger partial charge in [0.25, 0.3) is 12.1 Å². The van der Waals surface area contributed by atoms with E-state index in [1.807, 2.05) is 5.48 Å². The van der Waals surface area contributed by atoms with E-state index in [2.05, 4.69) is 0 Å². The summed E-state index contributed by atoms with van der Waals surface area (Å²) in [5, 5.41) is 10.8. The molecule has 0 saturated carbocycles. The number of halogens is 2. The third-order valence-electron chi connectivity index (χ3n) is 2.34. The summed E-state index contributed by atoms with van der Waals surface area (Å²) >= 11 is 0. The van der Waals surface area contributed by atoms with E-state index in [1.54, 1.807) is 6.92 Å². The number of hydrogen-bond acceptors (Lipinski definition) is 4. The van der Waals surface area contributed by atoms with E-state index in [0.717, 1.165) is 12.1 Å². The first kappa shape index (κ1) is 15.0. The molecule has 1 N–H and O–H groups in total. The summed E-state index contributed by atoms with van der Waals surface area (Å²) in [6.07, 6.45) is -2.71. The van der Waals surface area contributed by atoms with Crippen LogP contribution < -0.4 is 5.48 Å². The molecule has 1 aromatic carbocycles. The van der Waals surface area contributed by atoms with Crippen LogP contribution in [0.4, 0.5) is 14.5 Å². The van der Waals surface area contributed by atoms with Crippen LogP contribution in [0.2, 0.25) is 0 Å². The summed E-state index contributed by atoms with van der Waals surface area (Å²) in [6, 6.07) is 3.36. The molecule has 0 bridgehead atoms. The Balaban J connectivity index is 2.95. The Morgan fingerprint density at radius 2 is 2.21 bits per heavy atom. The van der Waals surface area contributed by atoms with Gasteiger partial charge in [0.05, 0.1) is 10.5 Å². The molecule has 0 spiro atoms. The smallest absolute Gasteiger partial charge is 0.273 e. The summed E-state index contributed by atoms with van der Waals surface area (Å²) in [7, 11) is 0. The van der Waals surface area contributed by atoms with E-state index in [9.17, 15) is 23.7 Å². The van der Waals surface area contributed by atoms with Gasteiger partial charge in [-0.2, -0.15) is 0 Å². The lowest BCUT2D eigenvalue weighted by atomic mass is 10.1. The second-order valence-electron chi connectivity index (χ2n) is 3.57. The fraction of sp³-hybridized carbons (Fsp3) is 0.364. The number of hydrogen-bond donors (Lipinski definition) is 1. The molecular formula is C11H12F2N2O4. The molecule has 104 valence electrons. The molecule has 0 heterocycles. The molecule has 0 radical (unpaired) electrons. The first-order chi connectivity index (χ1) is 8.97. The van der Waals surface area contributed by atoms with Gasteiger partial charge in [-0.15, -0.1) is 0 Å². The number of rotatable bonds is 6. The molecule has 0 saturated heterocycles. The van der Waals surface area contributed by atoms with Crippen molar-refractivity contribution < 1.29 is 23.3 Å². The van der Waals surface area contributed by atoms with Crippen LogP contribution in [0.3, 0.4) is 0 Å². The van der Waals surface area contributed by atoms with Crippen molar-refractivity contribution >= 4 is 11.6 Å². The highest BCUT2D eigenvalue weighted by atomic mass is 19.3. The average Bonchev–Trinajstić information content (AvgIpc) is 2.37. The molecule has 0 atom stereocenters. The largest absolute Gasteiger partial charge is 0.275 e. The quantitative estimate of drug-likeness (QED) is 0.638. The van der Waals surface area contributed by atoms with Gasteiger partial charge >= 0.3 is 0 Å². The van der Waals surface area contributed by atoms with E-state index >= 15 is 0 Å². The molecule has 6 nitrogen and oxygen atoms in total. The summed E-state index contributed by atoms with van der Waals surface area (Å²) in [5.41, 5.74) is 0.801. The SMILES string of the molecule is CCC(=O)NOCc1c(C(F)F)cccc1[N+](=O)[O-]. The number of amides is 1. The fourth-order valence-corrected chi connectivity index (χ4v) is 1.39. The van der Waals surface area contributed by atoms with Crippen molar-refractivity contribution in [1.29, 1.82) is 0 Å². The van der Waals surface area contributed by atoms with Crippen LogP contribution in [0.25, 0.3) is 0 Å². The highest BCUT2D eigenvalue weighted by Gasteiger charge is 2.22. The van der Waals surface area contributed by atoms with Gasteiger partial charge in [-0.05, 0) is 0 Å². The third kappa shape index (κ3) is 3.95. The molecule has 0 aromatic heterocycles. The lowest BCUT2D eigenvalue weighted by Gasteiger charge is -2.10. The Morgan fingerprint density at radius 3 is 2.74 bits per heavy atom. The Bertz CT molecular complexity index is 480. The predicted octanol–water partition coefficient (Wildman–Crippen LogP) is 2.49. The van der Waals surface area contributed by atoms with Crippen LogP contribution in [0.5, 0.6) is 0 Å². The van der Waals surface area contributed by atoms with Crippen LogP contribution in [0.15, 0.2) is 18.2 Å². The summed E-state index contributed by atoms with van der Waals surface area (Å²) in [4.78, 5) is 25.6. The minimum Gasteiger partial charge on any atom is -0.273 e. The van der Waals surface area contributed by atoms with Crippen LogP contribution in [-0.2, 0) is 16.2 Å². The van der Waals surface area contributed by atoms with Crippen LogP contribution in [0.1, 0.15) is 30.9 Å². The number of hydroxylamine groups is 1. The van der Waals surface area contributed by atoms with Crippen LogP contribution >= 0.6 is 0 Å². The van der Waals surface area contributed by atoms with E-state index in [4.69, 9.17) is 4.84 Å². The van der Waals surface area contributed by atoms with Gasteiger partial charge in [-0.1, -0.05) is 19.1 Å². The van der Waals surface area contributed by atoms with E-state index in [0.29, 0.717) is 0 Å². The molecule has 0 aliphatic heterocycles.